The van der Waals surface area contributed by atoms with Gasteiger partial charge in [-0.05, 0) is 48.9 Å². The number of nitro benzene ring substituents is 1. The van der Waals surface area contributed by atoms with Crippen LogP contribution < -0.4 is 15.4 Å². The fourth-order valence-corrected chi connectivity index (χ4v) is 4.24. The highest BCUT2D eigenvalue weighted by Crippen LogP contribution is 2.38. The monoisotopic (exact) mass is 498 g/mol. The van der Waals surface area contributed by atoms with Gasteiger partial charge in [0, 0.05) is 23.4 Å². The van der Waals surface area contributed by atoms with Crippen LogP contribution in [0.1, 0.15) is 18.5 Å². The van der Waals surface area contributed by atoms with Gasteiger partial charge in [-0.2, -0.15) is 4.98 Å². The number of aromatic hydroxyl groups is 1. The van der Waals surface area contributed by atoms with Crippen molar-refractivity contribution in [3.8, 4) is 22.9 Å². The minimum atomic E-state index is -0.745. The number of ether oxygens (including phenoxy) is 1. The van der Waals surface area contributed by atoms with E-state index >= 15 is 0 Å². The Morgan fingerprint density at radius 1 is 1.14 bits per heavy atom. The van der Waals surface area contributed by atoms with Crippen LogP contribution in [0.3, 0.4) is 0 Å². The molecule has 4 aromatic rings. The Morgan fingerprint density at radius 2 is 1.89 bits per heavy atom. The highest BCUT2D eigenvalue weighted by molar-refractivity contribution is 6.06. The average molecular weight is 498 g/mol. The van der Waals surface area contributed by atoms with Crippen LogP contribution in [0.25, 0.3) is 11.4 Å². The molecule has 0 saturated heterocycles. The number of allylic oxidation sites excluding steroid dienone is 1. The molecule has 1 aliphatic rings. The molecule has 0 aliphatic carbocycles. The highest BCUT2D eigenvalue weighted by Gasteiger charge is 2.35. The zero-order valence-corrected chi connectivity index (χ0v) is 19.9. The number of fused-ring (bicyclic) bond motifs is 1. The highest BCUT2D eigenvalue weighted by atomic mass is 16.6. The summed E-state index contributed by atoms with van der Waals surface area (Å²) in [5, 5.41) is 31.8. The smallest absolute Gasteiger partial charge is 0.269 e. The molecule has 0 saturated carbocycles. The normalized spacial score (nSPS) is 14.5. The van der Waals surface area contributed by atoms with Crippen LogP contribution in [-0.4, -0.2) is 37.8 Å². The van der Waals surface area contributed by atoms with Gasteiger partial charge < -0.3 is 20.5 Å². The van der Waals surface area contributed by atoms with Crippen molar-refractivity contribution in [3.05, 3.63) is 99.7 Å². The lowest BCUT2D eigenvalue weighted by Gasteiger charge is -2.28. The summed E-state index contributed by atoms with van der Waals surface area (Å²) >= 11 is 0. The van der Waals surface area contributed by atoms with Crippen molar-refractivity contribution < 1.29 is 19.6 Å². The van der Waals surface area contributed by atoms with Gasteiger partial charge in [0.2, 0.25) is 5.95 Å². The number of nitrogens with one attached hydrogen (secondary N) is 2. The molecule has 1 amide bonds. The van der Waals surface area contributed by atoms with Gasteiger partial charge in [0.15, 0.2) is 5.82 Å². The third-order valence-corrected chi connectivity index (χ3v) is 5.98. The van der Waals surface area contributed by atoms with Crippen molar-refractivity contribution in [3.63, 3.8) is 0 Å². The second-order valence-electron chi connectivity index (χ2n) is 8.32. The summed E-state index contributed by atoms with van der Waals surface area (Å²) in [5.74, 6) is 0.879. The number of benzene rings is 3. The SMILES string of the molecule is COc1ccccc1NC(=O)C1=C(C)Nc2nc(-c3cccc(O)c3)nn2C1c1ccc([N+](=O)[O-])cc1. The number of carbonyl (C=O) groups excluding carboxylic acids is 1. The summed E-state index contributed by atoms with van der Waals surface area (Å²) in [6, 6.07) is 18.8. The maximum Gasteiger partial charge on any atom is 0.269 e. The maximum absolute atomic E-state index is 13.7. The van der Waals surface area contributed by atoms with Crippen molar-refractivity contribution in [1.29, 1.82) is 0 Å². The van der Waals surface area contributed by atoms with E-state index in [1.54, 1.807) is 66.2 Å². The molecular weight excluding hydrogens is 476 g/mol. The number of rotatable bonds is 6. The molecular formula is C26H22N6O5. The Balaban J connectivity index is 1.61. The number of phenolic OH excluding ortho intramolecular Hbond substituents is 1. The Hall–Kier alpha value is -5.19. The molecule has 186 valence electrons. The first-order valence-electron chi connectivity index (χ1n) is 11.3. The topological polar surface area (TPSA) is 144 Å². The molecule has 3 aromatic carbocycles. The van der Waals surface area contributed by atoms with Gasteiger partial charge in [0.05, 0.1) is 23.3 Å². The molecule has 1 unspecified atom stereocenters. The number of para-hydroxylation sites is 2. The van der Waals surface area contributed by atoms with Gasteiger partial charge in [-0.25, -0.2) is 4.68 Å². The summed E-state index contributed by atoms with van der Waals surface area (Å²) in [6.45, 7) is 1.75. The van der Waals surface area contributed by atoms with Crippen LogP contribution in [0.2, 0.25) is 0 Å². The molecule has 3 N–H and O–H groups in total. The lowest BCUT2D eigenvalue weighted by molar-refractivity contribution is -0.384. The minimum Gasteiger partial charge on any atom is -0.508 e. The molecule has 11 nitrogen and oxygen atoms in total. The first-order chi connectivity index (χ1) is 17.9. The van der Waals surface area contributed by atoms with E-state index in [2.05, 4.69) is 20.7 Å². The molecule has 0 fully saturated rings. The van der Waals surface area contributed by atoms with E-state index in [9.17, 15) is 20.0 Å². The van der Waals surface area contributed by atoms with Crippen LogP contribution in [-0.2, 0) is 4.79 Å². The number of nitro groups is 1. The molecule has 1 aromatic heterocycles. The molecule has 37 heavy (non-hydrogen) atoms. The van der Waals surface area contributed by atoms with Gasteiger partial charge in [0.1, 0.15) is 17.5 Å². The van der Waals surface area contributed by atoms with Gasteiger partial charge in [0.25, 0.3) is 11.6 Å². The molecule has 0 radical (unpaired) electrons. The Labute approximate surface area is 211 Å². The van der Waals surface area contributed by atoms with Gasteiger partial charge in [-0.1, -0.05) is 24.3 Å². The summed E-state index contributed by atoms with van der Waals surface area (Å²) < 4.78 is 6.93. The molecule has 5 rings (SSSR count). The summed E-state index contributed by atoms with van der Waals surface area (Å²) in [4.78, 5) is 29.0. The molecule has 2 heterocycles. The number of hydrogen-bond donors (Lipinski definition) is 3. The third-order valence-electron chi connectivity index (χ3n) is 5.98. The van der Waals surface area contributed by atoms with Crippen LogP contribution in [0.4, 0.5) is 17.3 Å². The second kappa shape index (κ2) is 9.46. The lowest BCUT2D eigenvalue weighted by atomic mass is 9.95. The van der Waals surface area contributed by atoms with Crippen LogP contribution in [0.5, 0.6) is 11.5 Å². The number of non-ortho nitro benzene ring substituents is 1. The number of amides is 1. The number of phenols is 1. The summed E-state index contributed by atoms with van der Waals surface area (Å²) in [6.07, 6.45) is 0. The second-order valence-corrected chi connectivity index (χ2v) is 8.32. The predicted molar refractivity (Wildman–Crippen MR) is 136 cm³/mol. The average Bonchev–Trinajstić information content (AvgIpc) is 3.32. The predicted octanol–water partition coefficient (Wildman–Crippen LogP) is 4.50. The number of anilines is 2. The van der Waals surface area contributed by atoms with Crippen molar-refractivity contribution in [2.24, 2.45) is 0 Å². The number of methoxy groups -OCH3 is 1. The number of aromatic nitrogens is 3. The van der Waals surface area contributed by atoms with E-state index < -0.39 is 16.9 Å². The van der Waals surface area contributed by atoms with E-state index in [-0.39, 0.29) is 11.4 Å². The zero-order valence-electron chi connectivity index (χ0n) is 19.9. The molecule has 0 bridgehead atoms. The van der Waals surface area contributed by atoms with Crippen molar-refractivity contribution in [2.75, 3.05) is 17.7 Å². The van der Waals surface area contributed by atoms with E-state index in [0.717, 1.165) is 0 Å². The maximum atomic E-state index is 13.7. The van der Waals surface area contributed by atoms with Crippen molar-refractivity contribution in [1.82, 2.24) is 14.8 Å². The first-order valence-corrected chi connectivity index (χ1v) is 11.3. The van der Waals surface area contributed by atoms with Crippen LogP contribution >= 0.6 is 0 Å². The molecule has 1 atom stereocenters. The third kappa shape index (κ3) is 4.45. The van der Waals surface area contributed by atoms with Gasteiger partial charge in [-0.3, -0.25) is 14.9 Å². The minimum absolute atomic E-state index is 0.0660. The number of nitrogens with zero attached hydrogens (tertiary/aromatic N) is 4. The van der Waals surface area contributed by atoms with E-state index in [4.69, 9.17) is 4.74 Å². The van der Waals surface area contributed by atoms with E-state index in [1.165, 1.54) is 25.3 Å². The zero-order chi connectivity index (χ0) is 26.1. The van der Waals surface area contributed by atoms with Crippen LogP contribution in [0.15, 0.2) is 84.1 Å². The first kappa shape index (κ1) is 23.5. The Kier molecular flexibility index (Phi) is 6.02. The van der Waals surface area contributed by atoms with E-state index in [1.807, 2.05) is 0 Å². The number of hydrogen-bond acceptors (Lipinski definition) is 8. The van der Waals surface area contributed by atoms with Crippen LogP contribution in [0, 0.1) is 10.1 Å². The summed E-state index contributed by atoms with van der Waals surface area (Å²) in [5.41, 5.74) is 2.49. The Morgan fingerprint density at radius 3 is 2.59 bits per heavy atom. The standard InChI is InChI=1S/C26H22N6O5/c1-15-22(25(34)28-20-8-3-4-9-21(20)37-2)23(16-10-12-18(13-11-16)32(35)36)31-26(27-15)29-24(30-31)17-6-5-7-19(33)14-17/h3-14,23,33H,1-2H3,(H,28,34)(H,27,29,30). The lowest BCUT2D eigenvalue weighted by Crippen LogP contribution is -2.31. The fourth-order valence-electron chi connectivity index (χ4n) is 4.24. The fraction of sp³-hybridized carbons (Fsp3) is 0.115. The largest absolute Gasteiger partial charge is 0.508 e. The quantitative estimate of drug-likeness (QED) is 0.260. The van der Waals surface area contributed by atoms with Crippen molar-refractivity contribution >= 4 is 23.2 Å². The molecule has 11 heteroatoms. The van der Waals surface area contributed by atoms with Crippen molar-refractivity contribution in [2.45, 2.75) is 13.0 Å². The molecule has 0 spiro atoms. The van der Waals surface area contributed by atoms with Gasteiger partial charge >= 0.3 is 0 Å². The van der Waals surface area contributed by atoms with Gasteiger partial charge in [-0.15, -0.1) is 5.10 Å². The number of carbonyl (C=O) groups is 1. The Bertz CT molecular complexity index is 1540. The van der Waals surface area contributed by atoms with E-state index in [0.29, 0.717) is 45.6 Å². The summed E-state index contributed by atoms with van der Waals surface area (Å²) in [7, 11) is 1.52. The molecule has 1 aliphatic heterocycles.